The summed E-state index contributed by atoms with van der Waals surface area (Å²) in [4.78, 5) is 22.3. The molecule has 1 rings (SSSR count). The Morgan fingerprint density at radius 3 is 2.42 bits per heavy atom. The van der Waals surface area contributed by atoms with E-state index in [-0.39, 0.29) is 13.0 Å². The molecule has 0 aliphatic heterocycles. The summed E-state index contributed by atoms with van der Waals surface area (Å²) in [6.07, 6.45) is 1.58. The molecule has 0 saturated carbocycles. The standard InChI is InChI=1S/C15H20O4/c1-3-18-15(17)14(16)6-4-5-11-19-13-9-7-12(2)8-10-13/h7-10H,3-6,11H2,1-2H3. The molecule has 4 nitrogen and oxygen atoms in total. The first kappa shape index (κ1) is 15.2. The highest BCUT2D eigenvalue weighted by Crippen LogP contribution is 2.12. The quantitative estimate of drug-likeness (QED) is 0.411. The lowest BCUT2D eigenvalue weighted by Gasteiger charge is -2.06. The van der Waals surface area contributed by atoms with E-state index in [4.69, 9.17) is 4.74 Å². The number of hydrogen-bond donors (Lipinski definition) is 0. The minimum Gasteiger partial charge on any atom is -0.494 e. The second-order valence-electron chi connectivity index (χ2n) is 4.26. The van der Waals surface area contributed by atoms with Crippen LogP contribution in [0, 0.1) is 6.92 Å². The van der Waals surface area contributed by atoms with Gasteiger partial charge in [0.2, 0.25) is 5.78 Å². The lowest BCUT2D eigenvalue weighted by Crippen LogP contribution is -2.17. The van der Waals surface area contributed by atoms with E-state index >= 15 is 0 Å². The van der Waals surface area contributed by atoms with E-state index < -0.39 is 11.8 Å². The summed E-state index contributed by atoms with van der Waals surface area (Å²) in [5.41, 5.74) is 1.19. The van der Waals surface area contributed by atoms with Gasteiger partial charge >= 0.3 is 5.97 Å². The van der Waals surface area contributed by atoms with Crippen molar-refractivity contribution in [3.63, 3.8) is 0 Å². The lowest BCUT2D eigenvalue weighted by molar-refractivity contribution is -0.153. The summed E-state index contributed by atoms with van der Waals surface area (Å²) in [6, 6.07) is 7.80. The second kappa shape index (κ2) is 8.29. The zero-order valence-corrected chi connectivity index (χ0v) is 11.5. The van der Waals surface area contributed by atoms with Gasteiger partial charge in [0.1, 0.15) is 5.75 Å². The Kier molecular flexibility index (Phi) is 6.64. The van der Waals surface area contributed by atoms with Crippen LogP contribution in [-0.2, 0) is 14.3 Å². The van der Waals surface area contributed by atoms with E-state index in [1.165, 1.54) is 5.56 Å². The Hall–Kier alpha value is -1.84. The molecule has 0 bridgehead atoms. The third kappa shape index (κ3) is 6.04. The minimum absolute atomic E-state index is 0.218. The summed E-state index contributed by atoms with van der Waals surface area (Å²) >= 11 is 0. The number of aryl methyl sites for hydroxylation is 1. The molecule has 0 aromatic heterocycles. The van der Waals surface area contributed by atoms with Crippen molar-refractivity contribution >= 4 is 11.8 Å². The predicted molar refractivity (Wildman–Crippen MR) is 72.2 cm³/mol. The largest absolute Gasteiger partial charge is 0.494 e. The van der Waals surface area contributed by atoms with Crippen LogP contribution in [0.2, 0.25) is 0 Å². The molecule has 104 valence electrons. The first-order valence-electron chi connectivity index (χ1n) is 6.53. The maximum Gasteiger partial charge on any atom is 0.374 e. The van der Waals surface area contributed by atoms with E-state index in [1.54, 1.807) is 6.92 Å². The molecule has 0 saturated heterocycles. The summed E-state index contributed by atoms with van der Waals surface area (Å²) in [6.45, 7) is 4.48. The van der Waals surface area contributed by atoms with Crippen molar-refractivity contribution in [2.75, 3.05) is 13.2 Å². The first-order valence-corrected chi connectivity index (χ1v) is 6.53. The molecule has 0 amide bonds. The van der Waals surface area contributed by atoms with Crippen LogP contribution in [0.1, 0.15) is 31.7 Å². The fourth-order valence-corrected chi connectivity index (χ4v) is 1.53. The Labute approximate surface area is 113 Å². The number of ether oxygens (including phenoxy) is 2. The van der Waals surface area contributed by atoms with Gasteiger partial charge in [-0.1, -0.05) is 17.7 Å². The summed E-state index contributed by atoms with van der Waals surface area (Å²) in [5.74, 6) is -0.374. The summed E-state index contributed by atoms with van der Waals surface area (Å²) in [7, 11) is 0. The average molecular weight is 264 g/mol. The van der Waals surface area contributed by atoms with Crippen LogP contribution in [0.5, 0.6) is 5.75 Å². The SMILES string of the molecule is CCOC(=O)C(=O)CCCCOc1ccc(C)cc1. The van der Waals surface area contributed by atoms with Gasteiger partial charge in [0.15, 0.2) is 0 Å². The Morgan fingerprint density at radius 2 is 1.79 bits per heavy atom. The molecule has 1 aromatic rings. The first-order chi connectivity index (χ1) is 9.13. The number of esters is 1. The van der Waals surface area contributed by atoms with Crippen LogP contribution in [0.4, 0.5) is 0 Å². The van der Waals surface area contributed by atoms with Gasteiger partial charge in [0.25, 0.3) is 0 Å². The van der Waals surface area contributed by atoms with Crippen molar-refractivity contribution in [3.05, 3.63) is 29.8 Å². The van der Waals surface area contributed by atoms with E-state index in [2.05, 4.69) is 4.74 Å². The molecule has 0 N–H and O–H groups in total. The maximum absolute atomic E-state index is 11.3. The average Bonchev–Trinajstić information content (AvgIpc) is 2.40. The molecule has 19 heavy (non-hydrogen) atoms. The van der Waals surface area contributed by atoms with Gasteiger partial charge in [-0.15, -0.1) is 0 Å². The van der Waals surface area contributed by atoms with E-state index in [0.717, 1.165) is 12.2 Å². The number of unbranched alkanes of at least 4 members (excludes halogenated alkanes) is 1. The normalized spacial score (nSPS) is 10.0. The molecule has 0 spiro atoms. The third-order valence-corrected chi connectivity index (χ3v) is 2.59. The maximum atomic E-state index is 11.3. The van der Waals surface area contributed by atoms with Gasteiger partial charge in [0.05, 0.1) is 13.2 Å². The lowest BCUT2D eigenvalue weighted by atomic mass is 10.2. The van der Waals surface area contributed by atoms with Crippen molar-refractivity contribution < 1.29 is 19.1 Å². The molecule has 0 radical (unpaired) electrons. The van der Waals surface area contributed by atoms with Crippen LogP contribution in [0.25, 0.3) is 0 Å². The molecule has 0 atom stereocenters. The smallest absolute Gasteiger partial charge is 0.374 e. The van der Waals surface area contributed by atoms with Crippen LogP contribution < -0.4 is 4.74 Å². The number of hydrogen-bond acceptors (Lipinski definition) is 4. The molecular weight excluding hydrogens is 244 g/mol. The Balaban J connectivity index is 2.13. The van der Waals surface area contributed by atoms with E-state index in [1.807, 2.05) is 31.2 Å². The number of ketones is 1. The molecule has 0 aliphatic carbocycles. The summed E-state index contributed by atoms with van der Waals surface area (Å²) < 4.78 is 10.1. The molecule has 1 aromatic carbocycles. The molecular formula is C15H20O4. The number of carbonyl (C=O) groups is 2. The number of benzene rings is 1. The van der Waals surface area contributed by atoms with Crippen LogP contribution in [0.15, 0.2) is 24.3 Å². The van der Waals surface area contributed by atoms with Crippen LogP contribution in [-0.4, -0.2) is 25.0 Å². The zero-order chi connectivity index (χ0) is 14.1. The van der Waals surface area contributed by atoms with Gasteiger partial charge in [-0.25, -0.2) is 4.79 Å². The van der Waals surface area contributed by atoms with E-state index in [0.29, 0.717) is 13.0 Å². The Morgan fingerprint density at radius 1 is 1.11 bits per heavy atom. The highest BCUT2D eigenvalue weighted by atomic mass is 16.5. The Bertz CT molecular complexity index is 409. The van der Waals surface area contributed by atoms with Crippen molar-refractivity contribution in [2.24, 2.45) is 0 Å². The molecule has 0 heterocycles. The van der Waals surface area contributed by atoms with Crippen LogP contribution >= 0.6 is 0 Å². The fraction of sp³-hybridized carbons (Fsp3) is 0.467. The van der Waals surface area contributed by atoms with Crippen molar-refractivity contribution in [1.82, 2.24) is 0 Å². The zero-order valence-electron chi connectivity index (χ0n) is 11.5. The van der Waals surface area contributed by atoms with Gasteiger partial charge < -0.3 is 9.47 Å². The van der Waals surface area contributed by atoms with Crippen molar-refractivity contribution in [2.45, 2.75) is 33.1 Å². The number of Topliss-reactive ketones (excluding diaryl/α,β-unsaturated/α-hetero) is 1. The topological polar surface area (TPSA) is 52.6 Å². The van der Waals surface area contributed by atoms with Gasteiger partial charge in [-0.05, 0) is 38.8 Å². The third-order valence-electron chi connectivity index (χ3n) is 2.59. The predicted octanol–water partition coefficient (Wildman–Crippen LogP) is 2.68. The second-order valence-corrected chi connectivity index (χ2v) is 4.26. The van der Waals surface area contributed by atoms with Gasteiger partial charge in [-0.2, -0.15) is 0 Å². The number of rotatable bonds is 8. The van der Waals surface area contributed by atoms with Crippen LogP contribution in [0.3, 0.4) is 0 Å². The molecule has 0 unspecified atom stereocenters. The van der Waals surface area contributed by atoms with Crippen molar-refractivity contribution in [1.29, 1.82) is 0 Å². The molecule has 0 fully saturated rings. The summed E-state index contributed by atoms with van der Waals surface area (Å²) in [5, 5.41) is 0. The molecule has 4 heteroatoms. The fourth-order valence-electron chi connectivity index (χ4n) is 1.53. The van der Waals surface area contributed by atoms with Gasteiger partial charge in [-0.3, -0.25) is 4.79 Å². The number of carbonyl (C=O) groups excluding carboxylic acids is 2. The molecule has 0 aliphatic rings. The monoisotopic (exact) mass is 264 g/mol. The van der Waals surface area contributed by atoms with E-state index in [9.17, 15) is 9.59 Å². The minimum atomic E-state index is -0.734. The highest BCUT2D eigenvalue weighted by molar-refractivity contribution is 6.33. The van der Waals surface area contributed by atoms with Crippen molar-refractivity contribution in [3.8, 4) is 5.75 Å². The highest BCUT2D eigenvalue weighted by Gasteiger charge is 2.13. The van der Waals surface area contributed by atoms with Gasteiger partial charge in [0, 0.05) is 6.42 Å².